The molecule has 2 saturated heterocycles. The van der Waals surface area contributed by atoms with Crippen LogP contribution in [0.25, 0.3) is 0 Å². The predicted octanol–water partition coefficient (Wildman–Crippen LogP) is 0.951. The second kappa shape index (κ2) is 8.80. The maximum atomic E-state index is 13.3. The van der Waals surface area contributed by atoms with Crippen molar-refractivity contribution < 1.29 is 14.3 Å². The van der Waals surface area contributed by atoms with Crippen molar-refractivity contribution in [2.45, 2.75) is 37.6 Å². The minimum Gasteiger partial charge on any atom is -0.481 e. The summed E-state index contributed by atoms with van der Waals surface area (Å²) < 4.78 is 14.2. The average Bonchev–Trinajstić information content (AvgIpc) is 3.31. The third-order valence-electron chi connectivity index (χ3n) is 7.04. The van der Waals surface area contributed by atoms with E-state index in [0.29, 0.717) is 12.4 Å². The molecule has 1 amide bonds. The van der Waals surface area contributed by atoms with Gasteiger partial charge < -0.3 is 23.8 Å². The van der Waals surface area contributed by atoms with Crippen molar-refractivity contribution in [3.8, 4) is 5.88 Å². The molecular weight excluding hydrogens is 408 g/mol. The summed E-state index contributed by atoms with van der Waals surface area (Å²) in [6.07, 6.45) is 6.72. The first-order valence-electron chi connectivity index (χ1n) is 11.4. The van der Waals surface area contributed by atoms with Gasteiger partial charge in [-0.05, 0) is 26.0 Å². The molecule has 32 heavy (non-hydrogen) atoms. The number of hydrogen-bond donors (Lipinski definition) is 0. The summed E-state index contributed by atoms with van der Waals surface area (Å²) >= 11 is 0. The van der Waals surface area contributed by atoms with Crippen LogP contribution in [0, 0.1) is 0 Å². The summed E-state index contributed by atoms with van der Waals surface area (Å²) in [5.41, 5.74) is 0.574. The zero-order valence-corrected chi connectivity index (χ0v) is 18.9. The maximum absolute atomic E-state index is 13.3. The third kappa shape index (κ3) is 4.00. The number of piperidine rings is 1. The Labute approximate surface area is 188 Å². The lowest BCUT2D eigenvalue weighted by atomic mass is 9.88. The second-order valence-electron chi connectivity index (χ2n) is 9.08. The summed E-state index contributed by atoms with van der Waals surface area (Å²) in [7, 11) is 3.75. The van der Waals surface area contributed by atoms with Crippen molar-refractivity contribution in [3.05, 3.63) is 42.1 Å². The number of likely N-dealkylation sites (tertiary alicyclic amines) is 1. The fourth-order valence-corrected chi connectivity index (χ4v) is 5.14. The molecule has 2 aromatic rings. The minimum absolute atomic E-state index is 0.111. The monoisotopic (exact) mass is 440 g/mol. The summed E-state index contributed by atoms with van der Waals surface area (Å²) in [6, 6.07) is 4.00. The Morgan fingerprint density at radius 1 is 1.16 bits per heavy atom. The fraction of sp³-hybridized carbons (Fsp3) is 0.609. The molecule has 1 spiro atoms. The highest BCUT2D eigenvalue weighted by Crippen LogP contribution is 2.40. The molecule has 0 aromatic carbocycles. The Morgan fingerprint density at radius 2 is 1.94 bits per heavy atom. The van der Waals surface area contributed by atoms with Crippen molar-refractivity contribution >= 4 is 5.91 Å². The van der Waals surface area contributed by atoms with Crippen molar-refractivity contribution in [2.75, 3.05) is 53.4 Å². The van der Waals surface area contributed by atoms with E-state index in [2.05, 4.69) is 37.4 Å². The van der Waals surface area contributed by atoms with E-state index in [1.165, 1.54) is 0 Å². The number of carbonyl (C=O) groups excluding carboxylic acids is 1. The van der Waals surface area contributed by atoms with Crippen molar-refractivity contribution in [2.24, 2.45) is 0 Å². The van der Waals surface area contributed by atoms with Crippen LogP contribution >= 0.6 is 0 Å². The molecule has 5 heterocycles. The molecule has 172 valence electrons. The number of pyridine rings is 1. The van der Waals surface area contributed by atoms with Gasteiger partial charge in [0.1, 0.15) is 11.4 Å². The van der Waals surface area contributed by atoms with Gasteiger partial charge in [-0.1, -0.05) is 6.07 Å². The number of piperazine rings is 1. The molecule has 0 unspecified atom stereocenters. The van der Waals surface area contributed by atoms with Crippen LogP contribution in [-0.4, -0.2) is 94.7 Å². The average molecular weight is 441 g/mol. The van der Waals surface area contributed by atoms with Crippen LogP contribution < -0.4 is 4.74 Å². The Morgan fingerprint density at radius 3 is 2.69 bits per heavy atom. The SMILES string of the molecule is COc1ncccc1CN1CCC2(CC1)O[C@@H](C(=O)N1CCN(C)CC1)Cn1ccnc12. The maximum Gasteiger partial charge on any atom is 0.253 e. The van der Waals surface area contributed by atoms with Crippen LogP contribution in [0.5, 0.6) is 5.88 Å². The quantitative estimate of drug-likeness (QED) is 0.701. The lowest BCUT2D eigenvalue weighted by molar-refractivity contribution is -0.182. The Balaban J connectivity index is 1.29. The summed E-state index contributed by atoms with van der Waals surface area (Å²) in [5, 5.41) is 0. The predicted molar refractivity (Wildman–Crippen MR) is 118 cm³/mol. The minimum atomic E-state index is -0.510. The molecule has 0 aliphatic carbocycles. The van der Waals surface area contributed by atoms with Crippen LogP contribution in [0.4, 0.5) is 0 Å². The molecule has 3 aliphatic rings. The number of imidazole rings is 1. The highest BCUT2D eigenvalue weighted by molar-refractivity contribution is 5.81. The number of aromatic nitrogens is 3. The lowest BCUT2D eigenvalue weighted by Crippen LogP contribution is -2.56. The molecule has 3 aliphatic heterocycles. The number of ether oxygens (including phenoxy) is 2. The highest BCUT2D eigenvalue weighted by atomic mass is 16.5. The van der Waals surface area contributed by atoms with Crippen LogP contribution in [-0.2, 0) is 28.2 Å². The number of nitrogens with zero attached hydrogens (tertiary/aromatic N) is 6. The normalized spacial score (nSPS) is 23.8. The van der Waals surface area contributed by atoms with Gasteiger partial charge in [0.05, 0.1) is 13.7 Å². The van der Waals surface area contributed by atoms with Crippen molar-refractivity contribution in [3.63, 3.8) is 0 Å². The van der Waals surface area contributed by atoms with Crippen LogP contribution in [0.3, 0.4) is 0 Å². The summed E-state index contributed by atoms with van der Waals surface area (Å²) in [6.45, 7) is 6.39. The first kappa shape index (κ1) is 21.4. The Kier molecular flexibility index (Phi) is 5.88. The van der Waals surface area contributed by atoms with Gasteiger partial charge in [0.2, 0.25) is 5.88 Å². The number of amides is 1. The third-order valence-corrected chi connectivity index (χ3v) is 7.04. The van der Waals surface area contributed by atoms with E-state index in [1.54, 1.807) is 13.3 Å². The number of methoxy groups -OCH3 is 1. The lowest BCUT2D eigenvalue weighted by Gasteiger charge is -2.46. The number of fused-ring (bicyclic) bond motifs is 2. The molecule has 0 bridgehead atoms. The largest absolute Gasteiger partial charge is 0.481 e. The molecule has 2 fully saturated rings. The van der Waals surface area contributed by atoms with E-state index < -0.39 is 11.7 Å². The zero-order valence-electron chi connectivity index (χ0n) is 18.9. The number of hydrogen-bond acceptors (Lipinski definition) is 7. The number of likely N-dealkylation sites (N-methyl/N-ethyl adjacent to an activating group) is 1. The van der Waals surface area contributed by atoms with Gasteiger partial charge in [-0.25, -0.2) is 9.97 Å². The summed E-state index contributed by atoms with van der Waals surface area (Å²) in [5.74, 6) is 1.74. The van der Waals surface area contributed by atoms with E-state index in [0.717, 1.165) is 70.0 Å². The van der Waals surface area contributed by atoms with E-state index in [1.807, 2.05) is 23.4 Å². The standard InChI is InChI=1S/C23H32N6O3/c1-26-12-14-28(15-13-26)21(30)19-17-29-11-8-25-22(29)23(32-19)5-9-27(10-6-23)16-18-4-3-7-24-20(18)31-2/h3-4,7-8,11,19H,5-6,9-10,12-17H2,1-2H3/t19-/m1/s1. The first-order chi connectivity index (χ1) is 15.6. The van der Waals surface area contributed by atoms with Gasteiger partial charge in [0, 0.05) is 70.0 Å². The molecule has 5 rings (SSSR count). The van der Waals surface area contributed by atoms with E-state index in [4.69, 9.17) is 9.47 Å². The zero-order chi connectivity index (χ0) is 22.1. The van der Waals surface area contributed by atoms with Crippen LogP contribution in [0.1, 0.15) is 24.2 Å². The topological polar surface area (TPSA) is 76.0 Å². The molecular formula is C23H32N6O3. The molecule has 0 radical (unpaired) electrons. The van der Waals surface area contributed by atoms with Gasteiger partial charge >= 0.3 is 0 Å². The van der Waals surface area contributed by atoms with Crippen LogP contribution in [0.2, 0.25) is 0 Å². The van der Waals surface area contributed by atoms with Crippen molar-refractivity contribution in [1.82, 2.24) is 29.2 Å². The molecule has 9 nitrogen and oxygen atoms in total. The molecule has 0 N–H and O–H groups in total. The highest BCUT2D eigenvalue weighted by Gasteiger charge is 2.47. The fourth-order valence-electron chi connectivity index (χ4n) is 5.14. The smallest absolute Gasteiger partial charge is 0.253 e. The Hall–Kier alpha value is -2.49. The molecule has 1 atom stereocenters. The second-order valence-corrected chi connectivity index (χ2v) is 9.08. The number of carbonyl (C=O) groups is 1. The van der Waals surface area contributed by atoms with Gasteiger partial charge in [0.25, 0.3) is 5.91 Å². The molecule has 9 heteroatoms. The van der Waals surface area contributed by atoms with E-state index in [9.17, 15) is 4.79 Å². The summed E-state index contributed by atoms with van der Waals surface area (Å²) in [4.78, 5) is 28.9. The first-order valence-corrected chi connectivity index (χ1v) is 11.4. The van der Waals surface area contributed by atoms with E-state index in [-0.39, 0.29) is 5.91 Å². The molecule has 0 saturated carbocycles. The van der Waals surface area contributed by atoms with Crippen LogP contribution in [0.15, 0.2) is 30.7 Å². The van der Waals surface area contributed by atoms with Gasteiger partial charge in [-0.2, -0.15) is 0 Å². The van der Waals surface area contributed by atoms with Crippen molar-refractivity contribution in [1.29, 1.82) is 0 Å². The van der Waals surface area contributed by atoms with Gasteiger partial charge in [0.15, 0.2) is 6.10 Å². The number of rotatable bonds is 4. The van der Waals surface area contributed by atoms with E-state index >= 15 is 0 Å². The van der Waals surface area contributed by atoms with Gasteiger partial charge in [-0.15, -0.1) is 0 Å². The van der Waals surface area contributed by atoms with Gasteiger partial charge in [-0.3, -0.25) is 9.69 Å². The Bertz CT molecular complexity index is 947. The molecule has 2 aromatic heterocycles.